The molecular weight excluding hydrogens is 317 g/mol. The van der Waals surface area contributed by atoms with Crippen molar-refractivity contribution in [3.8, 4) is 0 Å². The number of amides is 1. The number of ether oxygens (including phenoxy) is 1. The molecule has 0 saturated heterocycles. The van der Waals surface area contributed by atoms with E-state index in [9.17, 15) is 14.0 Å². The second-order valence-electron chi connectivity index (χ2n) is 4.06. The number of carbonyl (C=O) groups excluding carboxylic acids is 2. The van der Waals surface area contributed by atoms with E-state index in [0.29, 0.717) is 10.4 Å². The van der Waals surface area contributed by atoms with Gasteiger partial charge in [0.15, 0.2) is 0 Å². The zero-order valence-electron chi connectivity index (χ0n) is 10.8. The quantitative estimate of drug-likeness (QED) is 0.859. The third kappa shape index (κ3) is 4.54. The number of rotatable bonds is 5. The molecule has 0 aliphatic carbocycles. The fraction of sp³-hybridized carbons (Fsp3) is 0.143. The van der Waals surface area contributed by atoms with Crippen LogP contribution in [0, 0.1) is 5.82 Å². The maximum Gasteiger partial charge on any atom is 0.325 e. The highest BCUT2D eigenvalue weighted by molar-refractivity contribution is 7.12. The Morgan fingerprint density at radius 3 is 2.81 bits per heavy atom. The molecule has 0 aliphatic rings. The highest BCUT2D eigenvalue weighted by Gasteiger charge is 2.10. The minimum absolute atomic E-state index is 0.0766. The van der Waals surface area contributed by atoms with E-state index in [1.54, 1.807) is 17.5 Å². The first-order chi connectivity index (χ1) is 10.1. The van der Waals surface area contributed by atoms with E-state index in [0.717, 1.165) is 6.07 Å². The summed E-state index contributed by atoms with van der Waals surface area (Å²) >= 11 is 7.09. The van der Waals surface area contributed by atoms with Gasteiger partial charge in [0.1, 0.15) is 19.0 Å². The fourth-order valence-electron chi connectivity index (χ4n) is 1.50. The van der Waals surface area contributed by atoms with Crippen LogP contribution < -0.4 is 5.32 Å². The standard InChI is InChI=1S/C14H11ClFNO3S/c15-11-6-10(16)4-3-9(11)8-20-13(18)7-17-14(19)12-2-1-5-21-12/h1-6H,7-8H2,(H,17,19). The van der Waals surface area contributed by atoms with Crippen molar-refractivity contribution >= 4 is 34.8 Å². The third-order valence-electron chi connectivity index (χ3n) is 2.54. The van der Waals surface area contributed by atoms with E-state index < -0.39 is 11.8 Å². The molecule has 0 fully saturated rings. The Hall–Kier alpha value is -1.92. The lowest BCUT2D eigenvalue weighted by atomic mass is 10.2. The SMILES string of the molecule is O=C(CNC(=O)c1cccs1)OCc1ccc(F)cc1Cl. The number of halogens is 2. The monoisotopic (exact) mass is 327 g/mol. The zero-order valence-corrected chi connectivity index (χ0v) is 12.3. The molecule has 0 aliphatic heterocycles. The first kappa shape index (κ1) is 15.5. The molecule has 4 nitrogen and oxygen atoms in total. The largest absolute Gasteiger partial charge is 0.459 e. The van der Waals surface area contributed by atoms with Gasteiger partial charge < -0.3 is 10.1 Å². The molecule has 1 amide bonds. The second-order valence-corrected chi connectivity index (χ2v) is 5.41. The van der Waals surface area contributed by atoms with E-state index in [1.807, 2.05) is 0 Å². The van der Waals surface area contributed by atoms with Gasteiger partial charge >= 0.3 is 5.97 Å². The molecule has 2 aromatic rings. The highest BCUT2D eigenvalue weighted by Crippen LogP contribution is 2.18. The van der Waals surface area contributed by atoms with E-state index in [1.165, 1.54) is 23.5 Å². The van der Waals surface area contributed by atoms with E-state index in [4.69, 9.17) is 16.3 Å². The molecule has 110 valence electrons. The Balaban J connectivity index is 1.78. The average molecular weight is 328 g/mol. The predicted octanol–water partition coefficient (Wildman–Crippen LogP) is 3.01. The van der Waals surface area contributed by atoms with E-state index >= 15 is 0 Å². The Labute approximate surface area is 129 Å². The molecule has 7 heteroatoms. The summed E-state index contributed by atoms with van der Waals surface area (Å²) < 4.78 is 17.8. The van der Waals surface area contributed by atoms with Crippen LogP contribution in [-0.2, 0) is 16.1 Å². The van der Waals surface area contributed by atoms with Crippen molar-refractivity contribution in [3.05, 3.63) is 57.0 Å². The number of nitrogens with one attached hydrogen (secondary N) is 1. The maximum atomic E-state index is 12.9. The predicted molar refractivity (Wildman–Crippen MR) is 77.9 cm³/mol. The second kappa shape index (κ2) is 7.19. The molecule has 21 heavy (non-hydrogen) atoms. The summed E-state index contributed by atoms with van der Waals surface area (Å²) in [6.07, 6.45) is 0. The summed E-state index contributed by atoms with van der Waals surface area (Å²) in [4.78, 5) is 23.6. The van der Waals surface area contributed by atoms with Crippen molar-refractivity contribution in [2.24, 2.45) is 0 Å². The Bertz CT molecular complexity index is 646. The summed E-state index contributed by atoms with van der Waals surface area (Å²) in [7, 11) is 0. The fourth-order valence-corrected chi connectivity index (χ4v) is 2.36. The molecule has 2 rings (SSSR count). The molecule has 1 heterocycles. The van der Waals surface area contributed by atoms with Gasteiger partial charge in [-0.25, -0.2) is 4.39 Å². The first-order valence-corrected chi connectivity index (χ1v) is 7.23. The number of carbonyl (C=O) groups is 2. The Kier molecular flexibility index (Phi) is 5.30. The average Bonchev–Trinajstić information content (AvgIpc) is 2.98. The van der Waals surface area contributed by atoms with Crippen LogP contribution in [0.25, 0.3) is 0 Å². The van der Waals surface area contributed by atoms with Crippen LogP contribution in [0.5, 0.6) is 0 Å². The van der Waals surface area contributed by atoms with Crippen molar-refractivity contribution < 1.29 is 18.7 Å². The lowest BCUT2D eigenvalue weighted by molar-refractivity contribution is -0.143. The van der Waals surface area contributed by atoms with Gasteiger partial charge in [-0.2, -0.15) is 0 Å². The van der Waals surface area contributed by atoms with Crippen LogP contribution >= 0.6 is 22.9 Å². The van der Waals surface area contributed by atoms with Crippen LogP contribution in [0.2, 0.25) is 5.02 Å². The summed E-state index contributed by atoms with van der Waals surface area (Å²) in [6.45, 7) is -0.317. The molecule has 1 aromatic heterocycles. The molecule has 0 unspecified atom stereocenters. The lowest BCUT2D eigenvalue weighted by Gasteiger charge is -2.07. The van der Waals surface area contributed by atoms with Gasteiger partial charge in [0.2, 0.25) is 0 Å². The molecule has 0 radical (unpaired) electrons. The number of thiophene rings is 1. The van der Waals surface area contributed by atoms with Crippen molar-refractivity contribution in [1.82, 2.24) is 5.32 Å². The van der Waals surface area contributed by atoms with Crippen LogP contribution in [0.15, 0.2) is 35.7 Å². The van der Waals surface area contributed by atoms with Gasteiger partial charge in [-0.1, -0.05) is 23.7 Å². The first-order valence-electron chi connectivity index (χ1n) is 5.97. The minimum atomic E-state index is -0.597. The summed E-state index contributed by atoms with van der Waals surface area (Å²) in [5.74, 6) is -1.39. The van der Waals surface area contributed by atoms with Gasteiger partial charge in [-0.05, 0) is 23.6 Å². The maximum absolute atomic E-state index is 12.9. The van der Waals surface area contributed by atoms with Crippen molar-refractivity contribution in [3.63, 3.8) is 0 Å². The van der Waals surface area contributed by atoms with Gasteiger partial charge in [-0.3, -0.25) is 9.59 Å². The normalized spacial score (nSPS) is 10.2. The smallest absolute Gasteiger partial charge is 0.325 e. The van der Waals surface area contributed by atoms with Crippen molar-refractivity contribution in [1.29, 1.82) is 0 Å². The van der Waals surface area contributed by atoms with Crippen molar-refractivity contribution in [2.45, 2.75) is 6.61 Å². The van der Waals surface area contributed by atoms with Gasteiger partial charge in [0.05, 0.1) is 9.90 Å². The lowest BCUT2D eigenvalue weighted by Crippen LogP contribution is -2.30. The number of benzene rings is 1. The summed E-state index contributed by atoms with van der Waals surface area (Å²) in [6, 6.07) is 7.21. The summed E-state index contributed by atoms with van der Waals surface area (Å²) in [5, 5.41) is 4.40. The topological polar surface area (TPSA) is 55.4 Å². The third-order valence-corrected chi connectivity index (χ3v) is 3.76. The van der Waals surface area contributed by atoms with Crippen LogP contribution in [0.4, 0.5) is 4.39 Å². The highest BCUT2D eigenvalue weighted by atomic mass is 35.5. The van der Waals surface area contributed by atoms with E-state index in [2.05, 4.69) is 5.32 Å². The molecule has 0 atom stereocenters. The molecule has 0 bridgehead atoms. The van der Waals surface area contributed by atoms with Gasteiger partial charge in [-0.15, -0.1) is 11.3 Å². The molecule has 1 N–H and O–H groups in total. The van der Waals surface area contributed by atoms with Crippen LogP contribution in [-0.4, -0.2) is 18.4 Å². The van der Waals surface area contributed by atoms with Gasteiger partial charge in [0, 0.05) is 5.56 Å². The van der Waals surface area contributed by atoms with Crippen LogP contribution in [0.1, 0.15) is 15.2 Å². The number of hydrogen-bond donors (Lipinski definition) is 1. The van der Waals surface area contributed by atoms with Crippen LogP contribution in [0.3, 0.4) is 0 Å². The Morgan fingerprint density at radius 2 is 2.14 bits per heavy atom. The summed E-state index contributed by atoms with van der Waals surface area (Å²) in [5.41, 5.74) is 0.496. The number of hydrogen-bond acceptors (Lipinski definition) is 4. The Morgan fingerprint density at radius 1 is 1.33 bits per heavy atom. The van der Waals surface area contributed by atoms with Crippen molar-refractivity contribution in [2.75, 3.05) is 6.54 Å². The molecular formula is C14H11ClFNO3S. The zero-order chi connectivity index (χ0) is 15.2. The molecule has 0 saturated carbocycles. The minimum Gasteiger partial charge on any atom is -0.459 e. The molecule has 1 aromatic carbocycles. The van der Waals surface area contributed by atoms with E-state index in [-0.39, 0.29) is 24.1 Å². The number of esters is 1. The van der Waals surface area contributed by atoms with Gasteiger partial charge in [0.25, 0.3) is 5.91 Å². The molecule has 0 spiro atoms.